The van der Waals surface area contributed by atoms with E-state index in [4.69, 9.17) is 0 Å². The summed E-state index contributed by atoms with van der Waals surface area (Å²) in [4.78, 5) is 23.9. The fourth-order valence-corrected chi connectivity index (χ4v) is 1.41. The number of aromatic nitrogens is 1. The highest BCUT2D eigenvalue weighted by molar-refractivity contribution is 5.92. The summed E-state index contributed by atoms with van der Waals surface area (Å²) in [7, 11) is 1.84. The standard InChI is InChI=1S/C10H16N4O3/c1-7(5-11-2)6-12-10(15)8-3-4-9(13-8)14(16)17/h3-4,7,11,13H,5-6H2,1-2H3,(H,12,15). The van der Waals surface area contributed by atoms with Crippen LogP contribution in [-0.4, -0.2) is 36.0 Å². The van der Waals surface area contributed by atoms with Crippen LogP contribution < -0.4 is 10.6 Å². The van der Waals surface area contributed by atoms with E-state index in [0.717, 1.165) is 6.54 Å². The zero-order valence-electron chi connectivity index (χ0n) is 9.82. The van der Waals surface area contributed by atoms with Crippen LogP contribution in [0.2, 0.25) is 0 Å². The van der Waals surface area contributed by atoms with E-state index in [0.29, 0.717) is 12.5 Å². The maximum absolute atomic E-state index is 11.6. The van der Waals surface area contributed by atoms with Crippen molar-refractivity contribution in [3.8, 4) is 0 Å². The zero-order valence-corrected chi connectivity index (χ0v) is 9.82. The van der Waals surface area contributed by atoms with Gasteiger partial charge in [0.1, 0.15) is 0 Å². The van der Waals surface area contributed by atoms with Crippen LogP contribution >= 0.6 is 0 Å². The lowest BCUT2D eigenvalue weighted by molar-refractivity contribution is -0.389. The highest BCUT2D eigenvalue weighted by Crippen LogP contribution is 2.09. The Bertz CT molecular complexity index is 402. The number of rotatable bonds is 6. The molecule has 0 saturated heterocycles. The second-order valence-electron chi connectivity index (χ2n) is 3.89. The Morgan fingerprint density at radius 1 is 1.53 bits per heavy atom. The van der Waals surface area contributed by atoms with E-state index in [2.05, 4.69) is 15.6 Å². The van der Waals surface area contributed by atoms with E-state index in [1.54, 1.807) is 0 Å². The van der Waals surface area contributed by atoms with Crippen LogP contribution in [-0.2, 0) is 0 Å². The van der Waals surface area contributed by atoms with E-state index < -0.39 is 4.92 Å². The molecular weight excluding hydrogens is 224 g/mol. The van der Waals surface area contributed by atoms with Gasteiger partial charge in [-0.05, 0) is 30.5 Å². The van der Waals surface area contributed by atoms with Crippen LogP contribution in [0.25, 0.3) is 0 Å². The first kappa shape index (κ1) is 13.2. The van der Waals surface area contributed by atoms with Crippen LogP contribution in [0.3, 0.4) is 0 Å². The summed E-state index contributed by atoms with van der Waals surface area (Å²) in [6.07, 6.45) is 0. The van der Waals surface area contributed by atoms with Gasteiger partial charge in [0, 0.05) is 12.6 Å². The van der Waals surface area contributed by atoms with Crippen molar-refractivity contribution in [1.82, 2.24) is 15.6 Å². The van der Waals surface area contributed by atoms with Crippen LogP contribution in [0.4, 0.5) is 5.82 Å². The molecule has 1 atom stereocenters. The van der Waals surface area contributed by atoms with Crippen LogP contribution in [0, 0.1) is 16.0 Å². The molecule has 3 N–H and O–H groups in total. The molecule has 0 aliphatic carbocycles. The Kier molecular flexibility index (Phi) is 4.65. The van der Waals surface area contributed by atoms with Gasteiger partial charge in [-0.3, -0.25) is 4.79 Å². The maximum atomic E-state index is 11.6. The maximum Gasteiger partial charge on any atom is 0.321 e. The lowest BCUT2D eigenvalue weighted by Gasteiger charge is -2.10. The molecule has 1 aromatic rings. The van der Waals surface area contributed by atoms with Gasteiger partial charge in [0.05, 0.1) is 0 Å². The molecule has 0 radical (unpaired) electrons. The van der Waals surface area contributed by atoms with Crippen LogP contribution in [0.15, 0.2) is 12.1 Å². The summed E-state index contributed by atoms with van der Waals surface area (Å²) in [5.41, 5.74) is 0.202. The van der Waals surface area contributed by atoms with Gasteiger partial charge >= 0.3 is 5.82 Å². The van der Waals surface area contributed by atoms with Crippen molar-refractivity contribution >= 4 is 11.7 Å². The Morgan fingerprint density at radius 2 is 2.24 bits per heavy atom. The predicted octanol–water partition coefficient (Wildman–Crippen LogP) is 0.508. The minimum atomic E-state index is -0.569. The second-order valence-corrected chi connectivity index (χ2v) is 3.89. The van der Waals surface area contributed by atoms with Crippen molar-refractivity contribution in [2.75, 3.05) is 20.1 Å². The number of amides is 1. The SMILES string of the molecule is CNCC(C)CNC(=O)c1ccc([N+](=O)[O-])[nH]1. The molecule has 7 heteroatoms. The van der Waals surface area contributed by atoms with Crippen molar-refractivity contribution < 1.29 is 9.72 Å². The molecular formula is C10H16N4O3. The summed E-state index contributed by atoms with van der Waals surface area (Å²) in [5, 5.41) is 16.1. The van der Waals surface area contributed by atoms with Crippen LogP contribution in [0.5, 0.6) is 0 Å². The number of carbonyl (C=O) groups is 1. The molecule has 1 amide bonds. The molecule has 0 aliphatic heterocycles. The third-order valence-electron chi connectivity index (χ3n) is 2.28. The van der Waals surface area contributed by atoms with Gasteiger partial charge in [0.2, 0.25) is 0 Å². The molecule has 0 spiro atoms. The Morgan fingerprint density at radius 3 is 2.76 bits per heavy atom. The van der Waals surface area contributed by atoms with Gasteiger partial charge in [-0.25, -0.2) is 4.98 Å². The van der Waals surface area contributed by atoms with Crippen molar-refractivity contribution in [3.63, 3.8) is 0 Å². The van der Waals surface area contributed by atoms with Crippen molar-refractivity contribution in [3.05, 3.63) is 27.9 Å². The topological polar surface area (TPSA) is 100 Å². The normalized spacial score (nSPS) is 12.1. The van der Waals surface area contributed by atoms with Crippen molar-refractivity contribution in [2.45, 2.75) is 6.92 Å². The average molecular weight is 240 g/mol. The van der Waals surface area contributed by atoms with Gasteiger partial charge in [-0.2, -0.15) is 0 Å². The van der Waals surface area contributed by atoms with E-state index in [-0.39, 0.29) is 17.4 Å². The minimum Gasteiger partial charge on any atom is -0.358 e. The highest BCUT2D eigenvalue weighted by atomic mass is 16.6. The van der Waals surface area contributed by atoms with E-state index >= 15 is 0 Å². The summed E-state index contributed by atoms with van der Waals surface area (Å²) >= 11 is 0. The quantitative estimate of drug-likeness (QED) is 0.498. The molecule has 17 heavy (non-hydrogen) atoms. The molecule has 94 valence electrons. The van der Waals surface area contributed by atoms with Crippen molar-refractivity contribution in [2.24, 2.45) is 5.92 Å². The van der Waals surface area contributed by atoms with E-state index in [9.17, 15) is 14.9 Å². The molecule has 7 nitrogen and oxygen atoms in total. The van der Waals surface area contributed by atoms with Gasteiger partial charge in [0.15, 0.2) is 5.69 Å². The number of nitrogens with zero attached hydrogens (tertiary/aromatic N) is 1. The summed E-state index contributed by atoms with van der Waals surface area (Å²) in [6, 6.07) is 2.67. The van der Waals surface area contributed by atoms with Crippen molar-refractivity contribution in [1.29, 1.82) is 0 Å². The van der Waals surface area contributed by atoms with Crippen LogP contribution in [0.1, 0.15) is 17.4 Å². The first-order valence-electron chi connectivity index (χ1n) is 5.30. The average Bonchev–Trinajstić information content (AvgIpc) is 2.75. The summed E-state index contributed by atoms with van der Waals surface area (Å²) in [6.45, 7) is 3.31. The van der Waals surface area contributed by atoms with Gasteiger partial charge in [-0.15, -0.1) is 0 Å². The lowest BCUT2D eigenvalue weighted by Crippen LogP contribution is -2.32. The molecule has 1 unspecified atom stereocenters. The molecule has 1 aromatic heterocycles. The highest BCUT2D eigenvalue weighted by Gasteiger charge is 2.15. The number of hydrogen-bond acceptors (Lipinski definition) is 4. The molecule has 1 rings (SSSR count). The molecule has 0 aliphatic rings. The summed E-state index contributed by atoms with van der Waals surface area (Å²) in [5.74, 6) is -0.214. The number of aromatic amines is 1. The fraction of sp³-hybridized carbons (Fsp3) is 0.500. The molecule has 1 heterocycles. The molecule has 0 saturated carbocycles. The third kappa shape index (κ3) is 3.87. The van der Waals surface area contributed by atoms with Gasteiger partial charge in [-0.1, -0.05) is 6.92 Å². The Hall–Kier alpha value is -1.89. The Balaban J connectivity index is 2.49. The van der Waals surface area contributed by atoms with E-state index in [1.165, 1.54) is 12.1 Å². The fourth-order valence-electron chi connectivity index (χ4n) is 1.41. The first-order chi connectivity index (χ1) is 8.04. The second kappa shape index (κ2) is 6.00. The predicted molar refractivity (Wildman–Crippen MR) is 62.9 cm³/mol. The largest absolute Gasteiger partial charge is 0.358 e. The van der Waals surface area contributed by atoms with E-state index in [1.807, 2.05) is 14.0 Å². The number of nitrogens with one attached hydrogen (secondary N) is 3. The summed E-state index contributed by atoms with van der Waals surface area (Å²) < 4.78 is 0. The van der Waals surface area contributed by atoms with Gasteiger partial charge < -0.3 is 20.7 Å². The minimum absolute atomic E-state index is 0.182. The lowest BCUT2D eigenvalue weighted by atomic mass is 10.2. The number of hydrogen-bond donors (Lipinski definition) is 3. The zero-order chi connectivity index (χ0) is 12.8. The third-order valence-corrected chi connectivity index (χ3v) is 2.28. The molecule has 0 fully saturated rings. The Labute approximate surface area is 98.7 Å². The number of carbonyl (C=O) groups excluding carboxylic acids is 1. The first-order valence-corrected chi connectivity index (χ1v) is 5.30. The monoisotopic (exact) mass is 240 g/mol. The number of nitro groups is 1. The number of H-pyrrole nitrogens is 1. The van der Waals surface area contributed by atoms with Gasteiger partial charge in [0.25, 0.3) is 5.91 Å². The smallest absolute Gasteiger partial charge is 0.321 e. The molecule has 0 bridgehead atoms. The molecule has 0 aromatic carbocycles.